The van der Waals surface area contributed by atoms with Gasteiger partial charge in [0.1, 0.15) is 0 Å². The molecular formula is C13H25N3. The predicted octanol–water partition coefficient (Wildman–Crippen LogP) is 2.52. The van der Waals surface area contributed by atoms with Crippen molar-refractivity contribution in [2.24, 2.45) is 5.73 Å². The lowest BCUT2D eigenvalue weighted by Gasteiger charge is -2.28. The van der Waals surface area contributed by atoms with Crippen LogP contribution in [0.2, 0.25) is 0 Å². The third-order valence-corrected chi connectivity index (χ3v) is 3.00. The standard InChI is InChI=1S/C13H25N3/c1-3-4-5-6-7-8-9-13-15-10-11-16(13)12(2)14/h3,10-13,15H,1,4-9,14H2,2H3. The van der Waals surface area contributed by atoms with Gasteiger partial charge >= 0.3 is 0 Å². The van der Waals surface area contributed by atoms with Crippen molar-refractivity contribution in [2.75, 3.05) is 0 Å². The van der Waals surface area contributed by atoms with Crippen molar-refractivity contribution < 1.29 is 0 Å². The van der Waals surface area contributed by atoms with Crippen molar-refractivity contribution in [1.29, 1.82) is 0 Å². The van der Waals surface area contributed by atoms with Crippen molar-refractivity contribution in [2.45, 2.75) is 57.8 Å². The number of nitrogens with zero attached hydrogens (tertiary/aromatic N) is 1. The second-order valence-electron chi connectivity index (χ2n) is 4.47. The Balaban J connectivity index is 2.06. The summed E-state index contributed by atoms with van der Waals surface area (Å²) < 4.78 is 0. The van der Waals surface area contributed by atoms with Crippen LogP contribution in [0.15, 0.2) is 25.1 Å². The zero-order valence-electron chi connectivity index (χ0n) is 10.4. The van der Waals surface area contributed by atoms with Crippen molar-refractivity contribution >= 4 is 0 Å². The molecule has 0 saturated carbocycles. The van der Waals surface area contributed by atoms with Crippen molar-refractivity contribution in [3.05, 3.63) is 25.1 Å². The SMILES string of the molecule is C=CCCCCCCC1NC=CN1C(C)N. The van der Waals surface area contributed by atoms with Gasteiger partial charge in [0, 0.05) is 12.4 Å². The van der Waals surface area contributed by atoms with E-state index in [-0.39, 0.29) is 6.17 Å². The molecule has 0 fully saturated rings. The summed E-state index contributed by atoms with van der Waals surface area (Å²) in [7, 11) is 0. The molecule has 0 spiro atoms. The highest BCUT2D eigenvalue weighted by atomic mass is 15.3. The lowest BCUT2D eigenvalue weighted by molar-refractivity contribution is 0.208. The van der Waals surface area contributed by atoms with Crippen LogP contribution >= 0.6 is 0 Å². The maximum absolute atomic E-state index is 5.88. The van der Waals surface area contributed by atoms with Gasteiger partial charge in [-0.05, 0) is 32.6 Å². The number of hydrogen-bond acceptors (Lipinski definition) is 3. The fourth-order valence-electron chi connectivity index (χ4n) is 2.06. The molecule has 0 amide bonds. The maximum Gasteiger partial charge on any atom is 0.0995 e. The normalized spacial score (nSPS) is 20.9. The molecule has 3 heteroatoms. The number of allylic oxidation sites excluding steroid dienone is 1. The fraction of sp³-hybridized carbons (Fsp3) is 0.692. The molecule has 0 aromatic rings. The molecule has 2 unspecified atom stereocenters. The van der Waals surface area contributed by atoms with Gasteiger partial charge in [-0.25, -0.2) is 0 Å². The minimum Gasteiger partial charge on any atom is -0.370 e. The Morgan fingerprint density at radius 1 is 1.44 bits per heavy atom. The Hall–Kier alpha value is -0.960. The summed E-state index contributed by atoms with van der Waals surface area (Å²) in [6, 6.07) is 0. The number of rotatable bonds is 8. The summed E-state index contributed by atoms with van der Waals surface area (Å²) in [5.41, 5.74) is 5.88. The van der Waals surface area contributed by atoms with Gasteiger partial charge in [-0.15, -0.1) is 6.58 Å². The maximum atomic E-state index is 5.88. The summed E-state index contributed by atoms with van der Waals surface area (Å²) in [5, 5.41) is 3.34. The second-order valence-corrected chi connectivity index (χ2v) is 4.47. The Bertz CT molecular complexity index is 223. The second kappa shape index (κ2) is 7.34. The van der Waals surface area contributed by atoms with Gasteiger partial charge in [0.05, 0.1) is 12.3 Å². The topological polar surface area (TPSA) is 41.3 Å². The van der Waals surface area contributed by atoms with Gasteiger partial charge < -0.3 is 16.0 Å². The van der Waals surface area contributed by atoms with Gasteiger partial charge in [-0.1, -0.05) is 18.9 Å². The summed E-state index contributed by atoms with van der Waals surface area (Å²) in [5.74, 6) is 0. The first-order chi connectivity index (χ1) is 7.75. The first kappa shape index (κ1) is 13.1. The first-order valence-electron chi connectivity index (χ1n) is 6.32. The number of hydrogen-bond donors (Lipinski definition) is 2. The monoisotopic (exact) mass is 223 g/mol. The number of nitrogens with one attached hydrogen (secondary N) is 1. The lowest BCUT2D eigenvalue weighted by Crippen LogP contribution is -2.44. The van der Waals surface area contributed by atoms with Crippen LogP contribution in [0, 0.1) is 0 Å². The van der Waals surface area contributed by atoms with E-state index in [9.17, 15) is 0 Å². The Morgan fingerprint density at radius 2 is 2.19 bits per heavy atom. The van der Waals surface area contributed by atoms with Crippen LogP contribution < -0.4 is 11.1 Å². The molecule has 0 aromatic heterocycles. The van der Waals surface area contributed by atoms with E-state index in [1.165, 1.54) is 32.1 Å². The van der Waals surface area contributed by atoms with Gasteiger partial charge in [0.25, 0.3) is 0 Å². The van der Waals surface area contributed by atoms with E-state index in [4.69, 9.17) is 5.73 Å². The Labute approximate surface area is 99.4 Å². The molecule has 16 heavy (non-hydrogen) atoms. The van der Waals surface area contributed by atoms with Crippen LogP contribution in [0.4, 0.5) is 0 Å². The average molecular weight is 223 g/mol. The van der Waals surface area contributed by atoms with Gasteiger partial charge in [0.15, 0.2) is 0 Å². The lowest BCUT2D eigenvalue weighted by atomic mass is 10.1. The summed E-state index contributed by atoms with van der Waals surface area (Å²) in [6.07, 6.45) is 14.0. The molecule has 0 bridgehead atoms. The zero-order chi connectivity index (χ0) is 11.8. The Kier molecular flexibility index (Phi) is 6.01. The third-order valence-electron chi connectivity index (χ3n) is 3.00. The van der Waals surface area contributed by atoms with Gasteiger partial charge in [-0.2, -0.15) is 0 Å². The van der Waals surface area contributed by atoms with E-state index in [0.29, 0.717) is 6.17 Å². The van der Waals surface area contributed by atoms with Crippen LogP contribution in [0.3, 0.4) is 0 Å². The quantitative estimate of drug-likeness (QED) is 0.491. The van der Waals surface area contributed by atoms with Crippen molar-refractivity contribution in [1.82, 2.24) is 10.2 Å². The molecule has 0 radical (unpaired) electrons. The summed E-state index contributed by atoms with van der Waals surface area (Å²) >= 11 is 0. The highest BCUT2D eigenvalue weighted by Crippen LogP contribution is 2.14. The summed E-state index contributed by atoms with van der Waals surface area (Å²) in [4.78, 5) is 2.18. The highest BCUT2D eigenvalue weighted by molar-refractivity contribution is 4.95. The van der Waals surface area contributed by atoms with Crippen LogP contribution in [0.1, 0.15) is 45.4 Å². The largest absolute Gasteiger partial charge is 0.370 e. The minimum absolute atomic E-state index is 0.0945. The third kappa shape index (κ3) is 4.27. The van der Waals surface area contributed by atoms with Crippen LogP contribution in [0.5, 0.6) is 0 Å². The average Bonchev–Trinajstić information content (AvgIpc) is 2.71. The smallest absolute Gasteiger partial charge is 0.0995 e. The Morgan fingerprint density at radius 3 is 2.88 bits per heavy atom. The van der Waals surface area contributed by atoms with Gasteiger partial charge in [-0.3, -0.25) is 0 Å². The van der Waals surface area contributed by atoms with E-state index >= 15 is 0 Å². The number of nitrogens with two attached hydrogens (primary N) is 1. The van der Waals surface area contributed by atoms with E-state index < -0.39 is 0 Å². The molecule has 3 nitrogen and oxygen atoms in total. The molecule has 2 atom stereocenters. The molecule has 92 valence electrons. The molecule has 0 aromatic carbocycles. The van der Waals surface area contributed by atoms with Crippen LogP contribution in [-0.2, 0) is 0 Å². The van der Waals surface area contributed by atoms with Crippen molar-refractivity contribution in [3.63, 3.8) is 0 Å². The van der Waals surface area contributed by atoms with E-state index in [2.05, 4.69) is 16.8 Å². The molecule has 0 aliphatic carbocycles. The molecular weight excluding hydrogens is 198 g/mol. The van der Waals surface area contributed by atoms with Crippen LogP contribution in [0.25, 0.3) is 0 Å². The molecule has 1 aliphatic heterocycles. The summed E-state index contributed by atoms with van der Waals surface area (Å²) in [6.45, 7) is 5.75. The van der Waals surface area contributed by atoms with E-state index in [1.807, 2.05) is 25.4 Å². The minimum atomic E-state index is 0.0945. The predicted molar refractivity (Wildman–Crippen MR) is 69.5 cm³/mol. The number of unbranched alkanes of at least 4 members (excludes halogenated alkanes) is 4. The molecule has 1 rings (SSSR count). The van der Waals surface area contributed by atoms with Crippen LogP contribution in [-0.4, -0.2) is 17.2 Å². The molecule has 1 aliphatic rings. The van der Waals surface area contributed by atoms with Gasteiger partial charge in [0.2, 0.25) is 0 Å². The van der Waals surface area contributed by atoms with E-state index in [0.717, 1.165) is 6.42 Å². The molecule has 1 heterocycles. The fourth-order valence-corrected chi connectivity index (χ4v) is 2.06. The van der Waals surface area contributed by atoms with E-state index in [1.54, 1.807) is 0 Å². The highest BCUT2D eigenvalue weighted by Gasteiger charge is 2.20. The molecule has 0 saturated heterocycles. The first-order valence-corrected chi connectivity index (χ1v) is 6.32. The van der Waals surface area contributed by atoms with Crippen molar-refractivity contribution in [3.8, 4) is 0 Å². The molecule has 3 N–H and O–H groups in total. The zero-order valence-corrected chi connectivity index (χ0v) is 10.4.